The molecule has 0 aliphatic heterocycles. The molecule has 0 fully saturated rings. The van der Waals surface area contributed by atoms with Crippen molar-refractivity contribution in [2.24, 2.45) is 0 Å². The van der Waals surface area contributed by atoms with Gasteiger partial charge in [-0.05, 0) is 61.6 Å². The van der Waals surface area contributed by atoms with Crippen molar-refractivity contribution in [3.05, 3.63) is 83.9 Å². The van der Waals surface area contributed by atoms with Crippen molar-refractivity contribution in [2.75, 3.05) is 5.32 Å². The molecule has 6 heteroatoms. The third-order valence-electron chi connectivity index (χ3n) is 4.17. The number of oxazole rings is 1. The van der Waals surface area contributed by atoms with Crippen LogP contribution in [0, 0.1) is 6.92 Å². The van der Waals surface area contributed by atoms with Crippen LogP contribution in [0.4, 0.5) is 5.69 Å². The van der Waals surface area contributed by atoms with Gasteiger partial charge in [-0.2, -0.15) is 0 Å². The quantitative estimate of drug-likeness (QED) is 0.488. The van der Waals surface area contributed by atoms with Gasteiger partial charge in [0, 0.05) is 16.8 Å². The van der Waals surface area contributed by atoms with Crippen LogP contribution in [0.2, 0.25) is 0 Å². The molecular formula is C22H17N3O2S. The van der Waals surface area contributed by atoms with Gasteiger partial charge in [0.05, 0.1) is 0 Å². The summed E-state index contributed by atoms with van der Waals surface area (Å²) in [4.78, 5) is 16.8. The Morgan fingerprint density at radius 3 is 2.61 bits per heavy atom. The topological polar surface area (TPSA) is 67.2 Å². The second-order valence-electron chi connectivity index (χ2n) is 6.35. The molecule has 3 aromatic carbocycles. The van der Waals surface area contributed by atoms with Crippen molar-refractivity contribution in [1.29, 1.82) is 0 Å². The first-order chi connectivity index (χ1) is 13.6. The van der Waals surface area contributed by atoms with Crippen molar-refractivity contribution < 1.29 is 9.21 Å². The summed E-state index contributed by atoms with van der Waals surface area (Å²) < 4.78 is 5.81. The molecule has 0 aliphatic carbocycles. The third kappa shape index (κ3) is 3.92. The second kappa shape index (κ2) is 7.62. The van der Waals surface area contributed by atoms with Crippen molar-refractivity contribution in [3.63, 3.8) is 0 Å². The molecule has 0 atom stereocenters. The maximum atomic E-state index is 12.3. The van der Waals surface area contributed by atoms with Gasteiger partial charge in [-0.3, -0.25) is 10.1 Å². The zero-order valence-corrected chi connectivity index (χ0v) is 15.9. The number of hydrogen-bond acceptors (Lipinski definition) is 4. The maximum absolute atomic E-state index is 12.3. The van der Waals surface area contributed by atoms with Gasteiger partial charge in [0.15, 0.2) is 10.7 Å². The zero-order chi connectivity index (χ0) is 19.5. The normalized spacial score (nSPS) is 10.6. The minimum atomic E-state index is -0.255. The Bertz CT molecular complexity index is 1170. The Hall–Kier alpha value is -3.51. The molecule has 1 heterocycles. The molecule has 0 spiro atoms. The Morgan fingerprint density at radius 1 is 1.00 bits per heavy atom. The largest absolute Gasteiger partial charge is 0.436 e. The highest BCUT2D eigenvalue weighted by Gasteiger charge is 2.11. The van der Waals surface area contributed by atoms with Gasteiger partial charge < -0.3 is 9.73 Å². The van der Waals surface area contributed by atoms with E-state index in [2.05, 4.69) is 15.6 Å². The van der Waals surface area contributed by atoms with Crippen molar-refractivity contribution in [2.45, 2.75) is 6.92 Å². The highest BCUT2D eigenvalue weighted by Crippen LogP contribution is 2.26. The van der Waals surface area contributed by atoms with E-state index in [0.717, 1.165) is 16.8 Å². The highest BCUT2D eigenvalue weighted by atomic mass is 32.1. The molecule has 4 aromatic rings. The lowest BCUT2D eigenvalue weighted by atomic mass is 10.1. The molecule has 138 valence electrons. The average Bonchev–Trinajstić information content (AvgIpc) is 3.12. The van der Waals surface area contributed by atoms with E-state index < -0.39 is 0 Å². The van der Waals surface area contributed by atoms with E-state index in [0.29, 0.717) is 22.6 Å². The molecular weight excluding hydrogens is 370 g/mol. The molecule has 5 nitrogen and oxygen atoms in total. The summed E-state index contributed by atoms with van der Waals surface area (Å²) in [6.45, 7) is 1.93. The number of nitrogens with zero attached hydrogens (tertiary/aromatic N) is 1. The number of nitrogens with one attached hydrogen (secondary N) is 2. The van der Waals surface area contributed by atoms with Crippen LogP contribution in [0.25, 0.3) is 22.6 Å². The highest BCUT2D eigenvalue weighted by molar-refractivity contribution is 7.80. The predicted molar refractivity (Wildman–Crippen MR) is 114 cm³/mol. The Labute approximate surface area is 167 Å². The molecule has 0 unspecified atom stereocenters. The number of aromatic nitrogens is 1. The van der Waals surface area contributed by atoms with Crippen LogP contribution in [-0.2, 0) is 0 Å². The number of thiocarbonyl (C=S) groups is 1. The Morgan fingerprint density at radius 2 is 1.82 bits per heavy atom. The van der Waals surface area contributed by atoms with Crippen LogP contribution in [-0.4, -0.2) is 16.0 Å². The number of hydrogen-bond donors (Lipinski definition) is 2. The number of fused-ring (bicyclic) bond motifs is 1. The fraction of sp³-hybridized carbons (Fsp3) is 0.0455. The van der Waals surface area contributed by atoms with Gasteiger partial charge in [0.2, 0.25) is 5.89 Å². The van der Waals surface area contributed by atoms with Crippen molar-refractivity contribution >= 4 is 40.0 Å². The molecule has 0 bridgehead atoms. The molecule has 1 amide bonds. The number of benzene rings is 3. The summed E-state index contributed by atoms with van der Waals surface area (Å²) in [6.07, 6.45) is 0. The van der Waals surface area contributed by atoms with E-state index >= 15 is 0 Å². The summed E-state index contributed by atoms with van der Waals surface area (Å²) in [5.74, 6) is 0.304. The van der Waals surface area contributed by atoms with E-state index in [-0.39, 0.29) is 11.0 Å². The first-order valence-electron chi connectivity index (χ1n) is 8.73. The molecule has 2 N–H and O–H groups in total. The standard InChI is InChI=1S/C22H17N3O2S/c1-14-6-5-9-16(12-14)20(26)25-22(28)23-17-10-11-19-18(13-17)24-21(27-19)15-7-3-2-4-8-15/h2-13H,1H3,(H2,23,25,26,28). The summed E-state index contributed by atoms with van der Waals surface area (Å²) >= 11 is 5.26. The molecule has 0 aliphatic rings. The number of anilines is 1. The Kier molecular flexibility index (Phi) is 4.87. The molecule has 0 radical (unpaired) electrons. The van der Waals surface area contributed by atoms with E-state index in [4.69, 9.17) is 16.6 Å². The first-order valence-corrected chi connectivity index (χ1v) is 9.14. The number of aryl methyl sites for hydroxylation is 1. The van der Waals surface area contributed by atoms with Gasteiger partial charge in [-0.1, -0.05) is 35.9 Å². The average molecular weight is 387 g/mol. The number of carbonyl (C=O) groups excluding carboxylic acids is 1. The van der Waals surface area contributed by atoms with Gasteiger partial charge >= 0.3 is 0 Å². The number of carbonyl (C=O) groups is 1. The monoisotopic (exact) mass is 387 g/mol. The van der Waals surface area contributed by atoms with E-state index in [9.17, 15) is 4.79 Å². The van der Waals surface area contributed by atoms with Crippen molar-refractivity contribution in [1.82, 2.24) is 10.3 Å². The molecule has 1 aromatic heterocycles. The Balaban J connectivity index is 1.48. The number of amides is 1. The third-order valence-corrected chi connectivity index (χ3v) is 4.38. The smallest absolute Gasteiger partial charge is 0.257 e. The molecule has 28 heavy (non-hydrogen) atoms. The van der Waals surface area contributed by atoms with Gasteiger partial charge in [0.25, 0.3) is 5.91 Å². The molecule has 0 saturated heterocycles. The lowest BCUT2D eigenvalue weighted by Crippen LogP contribution is -2.34. The molecule has 4 rings (SSSR count). The first kappa shape index (κ1) is 17.9. The van der Waals surface area contributed by atoms with Gasteiger partial charge in [-0.25, -0.2) is 4.98 Å². The van der Waals surface area contributed by atoms with Gasteiger partial charge in [-0.15, -0.1) is 0 Å². The summed E-state index contributed by atoms with van der Waals surface area (Å²) in [5, 5.41) is 5.92. The summed E-state index contributed by atoms with van der Waals surface area (Å²) in [7, 11) is 0. The predicted octanol–water partition coefficient (Wildman–Crippen LogP) is 4.93. The lowest BCUT2D eigenvalue weighted by Gasteiger charge is -2.09. The summed E-state index contributed by atoms with van der Waals surface area (Å²) in [6, 6.07) is 22.5. The van der Waals surface area contributed by atoms with Crippen LogP contribution in [0.1, 0.15) is 15.9 Å². The van der Waals surface area contributed by atoms with Crippen LogP contribution in [0.15, 0.2) is 77.2 Å². The zero-order valence-electron chi connectivity index (χ0n) is 15.1. The maximum Gasteiger partial charge on any atom is 0.257 e. The minimum absolute atomic E-state index is 0.220. The van der Waals surface area contributed by atoms with Crippen LogP contribution in [0.3, 0.4) is 0 Å². The van der Waals surface area contributed by atoms with E-state index in [1.54, 1.807) is 6.07 Å². The van der Waals surface area contributed by atoms with Gasteiger partial charge in [0.1, 0.15) is 5.52 Å². The summed E-state index contributed by atoms with van der Waals surface area (Å²) in [5.41, 5.74) is 4.58. The SMILES string of the molecule is Cc1cccc(C(=O)NC(=S)Nc2ccc3oc(-c4ccccc4)nc3c2)c1. The van der Waals surface area contributed by atoms with Crippen LogP contribution < -0.4 is 10.6 Å². The fourth-order valence-corrected chi connectivity index (χ4v) is 3.04. The lowest BCUT2D eigenvalue weighted by molar-refractivity contribution is 0.0977. The fourth-order valence-electron chi connectivity index (χ4n) is 2.83. The van der Waals surface area contributed by atoms with Crippen molar-refractivity contribution in [3.8, 4) is 11.5 Å². The minimum Gasteiger partial charge on any atom is -0.436 e. The van der Waals surface area contributed by atoms with E-state index in [1.165, 1.54) is 0 Å². The molecule has 0 saturated carbocycles. The number of rotatable bonds is 3. The van der Waals surface area contributed by atoms with E-state index in [1.807, 2.05) is 73.7 Å². The van der Waals surface area contributed by atoms with Crippen LogP contribution in [0.5, 0.6) is 0 Å². The second-order valence-corrected chi connectivity index (χ2v) is 6.75. The van der Waals surface area contributed by atoms with Crippen LogP contribution >= 0.6 is 12.2 Å².